The predicted molar refractivity (Wildman–Crippen MR) is 96.2 cm³/mol. The SMILES string of the molecule is CC1C(=O)Nc2ccc(-c3cccc(S(N)(=O)=O)c3C(N)=NN=N)cc21. The van der Waals surface area contributed by atoms with E-state index in [1.54, 1.807) is 31.2 Å². The number of nitrogens with zero attached hydrogens (tertiary/aromatic N) is 2. The molecule has 0 saturated carbocycles. The molecule has 0 fully saturated rings. The van der Waals surface area contributed by atoms with E-state index >= 15 is 0 Å². The van der Waals surface area contributed by atoms with Gasteiger partial charge < -0.3 is 11.1 Å². The van der Waals surface area contributed by atoms with Gasteiger partial charge >= 0.3 is 0 Å². The highest BCUT2D eigenvalue weighted by atomic mass is 32.2. The molecule has 1 aliphatic heterocycles. The highest BCUT2D eigenvalue weighted by Gasteiger charge is 2.28. The summed E-state index contributed by atoms with van der Waals surface area (Å²) in [5.41, 5.74) is 15.4. The first-order chi connectivity index (χ1) is 12.2. The van der Waals surface area contributed by atoms with Crippen LogP contribution in [0.25, 0.3) is 11.1 Å². The van der Waals surface area contributed by atoms with E-state index in [2.05, 4.69) is 15.6 Å². The molecule has 26 heavy (non-hydrogen) atoms. The van der Waals surface area contributed by atoms with Crippen molar-refractivity contribution in [1.82, 2.24) is 0 Å². The summed E-state index contributed by atoms with van der Waals surface area (Å²) in [5.74, 6) is -0.684. The third kappa shape index (κ3) is 2.95. The predicted octanol–water partition coefficient (Wildman–Crippen LogP) is 1.71. The van der Waals surface area contributed by atoms with Gasteiger partial charge in [-0.25, -0.2) is 13.6 Å². The molecule has 2 aromatic carbocycles. The zero-order valence-corrected chi connectivity index (χ0v) is 14.5. The van der Waals surface area contributed by atoms with Gasteiger partial charge in [0, 0.05) is 11.3 Å². The maximum Gasteiger partial charge on any atom is 0.238 e. The molecule has 0 saturated heterocycles. The highest BCUT2D eigenvalue weighted by Crippen LogP contribution is 2.37. The molecule has 1 heterocycles. The lowest BCUT2D eigenvalue weighted by Crippen LogP contribution is -2.22. The van der Waals surface area contributed by atoms with E-state index in [1.807, 2.05) is 0 Å². The number of nitrogens with one attached hydrogen (secondary N) is 2. The summed E-state index contributed by atoms with van der Waals surface area (Å²) in [6, 6.07) is 9.75. The quantitative estimate of drug-likeness (QED) is 0.278. The van der Waals surface area contributed by atoms with E-state index in [1.165, 1.54) is 12.1 Å². The number of amides is 1. The Kier molecular flexibility index (Phi) is 4.30. The Morgan fingerprint density at radius 1 is 1.27 bits per heavy atom. The monoisotopic (exact) mass is 372 g/mol. The van der Waals surface area contributed by atoms with E-state index in [9.17, 15) is 13.2 Å². The van der Waals surface area contributed by atoms with Gasteiger partial charge in [0.2, 0.25) is 15.9 Å². The van der Waals surface area contributed by atoms with Crippen LogP contribution in [0.4, 0.5) is 5.69 Å². The minimum atomic E-state index is -4.09. The van der Waals surface area contributed by atoms with Crippen molar-refractivity contribution in [2.75, 3.05) is 5.32 Å². The van der Waals surface area contributed by atoms with Crippen molar-refractivity contribution < 1.29 is 13.2 Å². The number of carbonyl (C=O) groups excluding carboxylic acids is 1. The fraction of sp³-hybridized carbons (Fsp3) is 0.125. The Balaban J connectivity index is 2.29. The van der Waals surface area contributed by atoms with Crippen molar-refractivity contribution in [3.05, 3.63) is 47.5 Å². The Hall–Kier alpha value is -3.11. The number of primary sulfonamides is 1. The first-order valence-electron chi connectivity index (χ1n) is 7.55. The number of hydrogen-bond donors (Lipinski definition) is 4. The normalized spacial score (nSPS) is 16.9. The number of sulfonamides is 1. The van der Waals surface area contributed by atoms with Gasteiger partial charge in [0.25, 0.3) is 0 Å². The molecule has 134 valence electrons. The van der Waals surface area contributed by atoms with Crippen molar-refractivity contribution in [2.45, 2.75) is 17.7 Å². The number of fused-ring (bicyclic) bond motifs is 1. The lowest BCUT2D eigenvalue weighted by Gasteiger charge is -2.14. The minimum Gasteiger partial charge on any atom is -0.382 e. The van der Waals surface area contributed by atoms with Crippen LogP contribution in [0.3, 0.4) is 0 Å². The second-order valence-electron chi connectivity index (χ2n) is 5.82. The third-order valence-corrected chi connectivity index (χ3v) is 5.18. The molecule has 1 aliphatic rings. The summed E-state index contributed by atoms with van der Waals surface area (Å²) in [4.78, 5) is 11.6. The lowest BCUT2D eigenvalue weighted by molar-refractivity contribution is -0.116. The van der Waals surface area contributed by atoms with Crippen molar-refractivity contribution >= 4 is 27.5 Å². The molecule has 0 aliphatic carbocycles. The van der Waals surface area contributed by atoms with Crippen molar-refractivity contribution in [1.29, 1.82) is 5.53 Å². The van der Waals surface area contributed by atoms with Gasteiger partial charge in [-0.3, -0.25) is 4.79 Å². The Morgan fingerprint density at radius 2 is 2.00 bits per heavy atom. The topological polar surface area (TPSA) is 164 Å². The number of hydrogen-bond acceptors (Lipinski definition) is 5. The molecule has 9 nitrogen and oxygen atoms in total. The Bertz CT molecular complexity index is 1060. The zero-order valence-electron chi connectivity index (χ0n) is 13.7. The van der Waals surface area contributed by atoms with Crippen LogP contribution in [0.5, 0.6) is 0 Å². The van der Waals surface area contributed by atoms with Gasteiger partial charge in [-0.05, 0) is 41.8 Å². The molecule has 3 rings (SSSR count). The molecule has 0 aromatic heterocycles. The highest BCUT2D eigenvalue weighted by molar-refractivity contribution is 7.89. The van der Waals surface area contributed by atoms with Gasteiger partial charge in [0.05, 0.1) is 10.8 Å². The maximum absolute atomic E-state index is 12.0. The summed E-state index contributed by atoms with van der Waals surface area (Å²) >= 11 is 0. The van der Waals surface area contributed by atoms with E-state index < -0.39 is 10.0 Å². The van der Waals surface area contributed by atoms with Crippen LogP contribution in [0.1, 0.15) is 24.0 Å². The molecular formula is C16H16N6O3S. The summed E-state index contributed by atoms with van der Waals surface area (Å²) in [6.45, 7) is 1.78. The van der Waals surface area contributed by atoms with Crippen LogP contribution in [0.15, 0.2) is 51.6 Å². The van der Waals surface area contributed by atoms with Crippen molar-refractivity contribution in [3.63, 3.8) is 0 Å². The Morgan fingerprint density at radius 3 is 2.65 bits per heavy atom. The van der Waals surface area contributed by atoms with Crippen LogP contribution < -0.4 is 16.2 Å². The molecule has 1 unspecified atom stereocenters. The van der Waals surface area contributed by atoms with Gasteiger partial charge in [0.15, 0.2) is 5.84 Å². The first kappa shape index (κ1) is 17.7. The fourth-order valence-electron chi connectivity index (χ4n) is 2.96. The number of anilines is 1. The summed E-state index contributed by atoms with van der Waals surface area (Å²) in [6.07, 6.45) is 0. The molecule has 2 aromatic rings. The number of amidine groups is 1. The third-order valence-electron chi connectivity index (χ3n) is 4.23. The second kappa shape index (κ2) is 6.32. The number of carbonyl (C=O) groups is 1. The van der Waals surface area contributed by atoms with Crippen LogP contribution >= 0.6 is 0 Å². The molecule has 0 spiro atoms. The summed E-state index contributed by atoms with van der Waals surface area (Å²) in [7, 11) is -4.09. The largest absolute Gasteiger partial charge is 0.382 e. The average molecular weight is 372 g/mol. The van der Waals surface area contributed by atoms with E-state index in [-0.39, 0.29) is 28.1 Å². The van der Waals surface area contributed by atoms with Crippen LogP contribution in [0.2, 0.25) is 0 Å². The van der Waals surface area contributed by atoms with Gasteiger partial charge in [0.1, 0.15) is 0 Å². The molecule has 0 bridgehead atoms. The molecule has 0 radical (unpaired) electrons. The molecular weight excluding hydrogens is 356 g/mol. The van der Waals surface area contributed by atoms with Crippen LogP contribution in [-0.2, 0) is 14.8 Å². The first-order valence-corrected chi connectivity index (χ1v) is 9.10. The van der Waals surface area contributed by atoms with Crippen molar-refractivity contribution in [3.8, 4) is 11.1 Å². The molecule has 10 heteroatoms. The van der Waals surface area contributed by atoms with Gasteiger partial charge in [-0.2, -0.15) is 5.53 Å². The van der Waals surface area contributed by atoms with Crippen molar-refractivity contribution in [2.24, 2.45) is 21.2 Å². The molecule has 1 atom stereocenters. The van der Waals surface area contributed by atoms with Gasteiger partial charge in [-0.1, -0.05) is 23.4 Å². The average Bonchev–Trinajstić information content (AvgIpc) is 2.87. The Labute approximate surface area is 149 Å². The van der Waals surface area contributed by atoms with Gasteiger partial charge in [-0.15, -0.1) is 5.10 Å². The number of nitrogens with two attached hydrogens (primary N) is 2. The fourth-order valence-corrected chi connectivity index (χ4v) is 3.73. The number of rotatable bonds is 4. The minimum absolute atomic E-state index is 0.0656. The summed E-state index contributed by atoms with van der Waals surface area (Å²) in [5, 5.41) is 14.4. The summed E-state index contributed by atoms with van der Waals surface area (Å²) < 4.78 is 23.9. The zero-order chi connectivity index (χ0) is 19.1. The molecule has 1 amide bonds. The van der Waals surface area contributed by atoms with E-state index in [4.69, 9.17) is 16.4 Å². The number of benzene rings is 2. The van der Waals surface area contributed by atoms with Crippen LogP contribution in [0, 0.1) is 5.53 Å². The second-order valence-corrected chi connectivity index (χ2v) is 7.35. The standard InChI is InChI=1S/C16H16N6O3S/c1-8-11-7-9(5-6-12(11)20-16(8)23)10-3-2-4-13(26(19,24)25)14(10)15(17)21-22-18/h2-8H,1H3,(H,20,23)(H3,17,18,21)(H2,19,24,25). The lowest BCUT2D eigenvalue weighted by atomic mass is 9.94. The maximum atomic E-state index is 12.0. The van der Waals surface area contributed by atoms with E-state index in [0.29, 0.717) is 16.8 Å². The smallest absolute Gasteiger partial charge is 0.238 e. The molecule has 6 N–H and O–H groups in total. The van der Waals surface area contributed by atoms with E-state index in [0.717, 1.165) is 5.56 Å². The van der Waals surface area contributed by atoms with Crippen LogP contribution in [-0.4, -0.2) is 20.2 Å².